The number of hydrogen-bond donors (Lipinski definition) is 1. The lowest BCUT2D eigenvalue weighted by Crippen LogP contribution is -2.03. The molecule has 0 atom stereocenters. The number of rotatable bonds is 2. The van der Waals surface area contributed by atoms with Gasteiger partial charge >= 0.3 is 5.97 Å². The summed E-state index contributed by atoms with van der Waals surface area (Å²) in [7, 11) is 0. The van der Waals surface area contributed by atoms with Gasteiger partial charge in [-0.25, -0.2) is 0 Å². The van der Waals surface area contributed by atoms with E-state index in [0.717, 1.165) is 11.1 Å². The quantitative estimate of drug-likeness (QED) is 0.834. The SMILES string of the molecule is CC.CC.Cc1ccc(CC(=O)O)c(C)c1C. The molecule has 0 saturated carbocycles. The van der Waals surface area contributed by atoms with E-state index < -0.39 is 5.97 Å². The molecule has 0 amide bonds. The summed E-state index contributed by atoms with van der Waals surface area (Å²) in [6, 6.07) is 3.87. The average Bonchev–Trinajstić information content (AvgIpc) is 2.35. The van der Waals surface area contributed by atoms with Crippen LogP contribution in [-0.2, 0) is 11.2 Å². The molecule has 0 fully saturated rings. The second-order valence-electron chi connectivity index (χ2n) is 3.36. The van der Waals surface area contributed by atoms with Crippen molar-refractivity contribution in [2.75, 3.05) is 0 Å². The molecule has 1 rings (SSSR count). The Bertz CT molecular complexity index is 341. The minimum Gasteiger partial charge on any atom is -0.481 e. The highest BCUT2D eigenvalue weighted by Crippen LogP contribution is 2.17. The number of carboxylic acids is 1. The summed E-state index contributed by atoms with van der Waals surface area (Å²) in [6.07, 6.45) is 0.118. The zero-order valence-corrected chi connectivity index (χ0v) is 12.2. The van der Waals surface area contributed by atoms with Crippen LogP contribution in [0.1, 0.15) is 49.9 Å². The van der Waals surface area contributed by atoms with E-state index in [1.807, 2.05) is 60.6 Å². The number of hydrogen-bond acceptors (Lipinski definition) is 1. The average molecular weight is 238 g/mol. The molecule has 2 nitrogen and oxygen atoms in total. The van der Waals surface area contributed by atoms with Gasteiger partial charge in [0, 0.05) is 0 Å². The first-order valence-electron chi connectivity index (χ1n) is 6.30. The molecule has 0 bridgehead atoms. The minimum atomic E-state index is -0.772. The third-order valence-electron chi connectivity index (χ3n) is 2.51. The summed E-state index contributed by atoms with van der Waals surface area (Å²) in [6.45, 7) is 14.0. The van der Waals surface area contributed by atoms with E-state index in [-0.39, 0.29) is 6.42 Å². The van der Waals surface area contributed by atoms with E-state index in [2.05, 4.69) is 0 Å². The summed E-state index contributed by atoms with van der Waals surface area (Å²) in [5.41, 5.74) is 4.42. The van der Waals surface area contributed by atoms with Gasteiger partial charge in [-0.15, -0.1) is 0 Å². The summed E-state index contributed by atoms with van der Waals surface area (Å²) < 4.78 is 0. The summed E-state index contributed by atoms with van der Waals surface area (Å²) in [5, 5.41) is 8.65. The van der Waals surface area contributed by atoms with E-state index in [1.54, 1.807) is 0 Å². The molecule has 0 radical (unpaired) electrons. The lowest BCUT2D eigenvalue weighted by Gasteiger charge is -2.08. The molecular formula is C15H26O2. The molecule has 0 saturated heterocycles. The lowest BCUT2D eigenvalue weighted by atomic mass is 9.97. The molecule has 17 heavy (non-hydrogen) atoms. The molecule has 0 spiro atoms. The van der Waals surface area contributed by atoms with Gasteiger partial charge in [-0.2, -0.15) is 0 Å². The summed E-state index contributed by atoms with van der Waals surface area (Å²) >= 11 is 0. The van der Waals surface area contributed by atoms with Crippen molar-refractivity contribution in [3.63, 3.8) is 0 Å². The number of carbonyl (C=O) groups is 1. The number of aryl methyl sites for hydroxylation is 1. The Morgan fingerprint density at radius 1 is 1.00 bits per heavy atom. The van der Waals surface area contributed by atoms with Gasteiger partial charge in [0.05, 0.1) is 6.42 Å². The zero-order valence-electron chi connectivity index (χ0n) is 12.2. The molecular weight excluding hydrogens is 212 g/mol. The Kier molecular flexibility index (Phi) is 10.5. The van der Waals surface area contributed by atoms with Gasteiger partial charge in [0.15, 0.2) is 0 Å². The standard InChI is InChI=1S/C11H14O2.2C2H6/c1-7-4-5-10(6-11(12)13)9(3)8(7)2;2*1-2/h4-5H,6H2,1-3H3,(H,12,13);2*1-2H3. The number of aliphatic carboxylic acids is 1. The van der Waals surface area contributed by atoms with Crippen LogP contribution in [0, 0.1) is 20.8 Å². The van der Waals surface area contributed by atoms with Crippen molar-refractivity contribution in [2.24, 2.45) is 0 Å². The van der Waals surface area contributed by atoms with Crippen molar-refractivity contribution in [1.29, 1.82) is 0 Å². The van der Waals surface area contributed by atoms with Crippen molar-refractivity contribution in [2.45, 2.75) is 54.9 Å². The fourth-order valence-corrected chi connectivity index (χ4v) is 1.37. The Hall–Kier alpha value is -1.31. The molecule has 0 heterocycles. The second-order valence-corrected chi connectivity index (χ2v) is 3.36. The number of benzene rings is 1. The molecule has 0 unspecified atom stereocenters. The minimum absolute atomic E-state index is 0.118. The number of carboxylic acid groups (broad SMARTS) is 1. The third kappa shape index (κ3) is 6.10. The third-order valence-corrected chi connectivity index (χ3v) is 2.51. The van der Waals surface area contributed by atoms with E-state index in [0.29, 0.717) is 0 Å². The van der Waals surface area contributed by atoms with Crippen LogP contribution in [0.2, 0.25) is 0 Å². The highest BCUT2D eigenvalue weighted by Gasteiger charge is 2.06. The van der Waals surface area contributed by atoms with E-state index in [1.165, 1.54) is 11.1 Å². The predicted molar refractivity (Wildman–Crippen MR) is 74.7 cm³/mol. The van der Waals surface area contributed by atoms with Crippen LogP contribution >= 0.6 is 0 Å². The fraction of sp³-hybridized carbons (Fsp3) is 0.533. The van der Waals surface area contributed by atoms with E-state index >= 15 is 0 Å². The van der Waals surface area contributed by atoms with Gasteiger partial charge in [0.1, 0.15) is 0 Å². The Labute approximate surface area is 106 Å². The maximum atomic E-state index is 10.5. The van der Waals surface area contributed by atoms with E-state index in [9.17, 15) is 4.79 Å². The molecule has 1 aromatic rings. The Morgan fingerprint density at radius 2 is 1.47 bits per heavy atom. The first kappa shape index (κ1) is 18.1. The van der Waals surface area contributed by atoms with Crippen LogP contribution in [0.15, 0.2) is 12.1 Å². The van der Waals surface area contributed by atoms with Gasteiger partial charge in [0.2, 0.25) is 0 Å². The zero-order chi connectivity index (χ0) is 14.0. The van der Waals surface area contributed by atoms with Gasteiger partial charge in [-0.05, 0) is 43.0 Å². The van der Waals surface area contributed by atoms with E-state index in [4.69, 9.17) is 5.11 Å². The molecule has 1 aromatic carbocycles. The van der Waals surface area contributed by atoms with Crippen LogP contribution in [0.4, 0.5) is 0 Å². The molecule has 0 aromatic heterocycles. The van der Waals surface area contributed by atoms with Crippen LogP contribution in [0.3, 0.4) is 0 Å². The topological polar surface area (TPSA) is 37.3 Å². The molecule has 0 aliphatic heterocycles. The van der Waals surface area contributed by atoms with Gasteiger partial charge in [-0.3, -0.25) is 4.79 Å². The normalized spacial score (nSPS) is 8.41. The molecule has 0 aliphatic rings. The van der Waals surface area contributed by atoms with Gasteiger partial charge in [-0.1, -0.05) is 39.8 Å². The monoisotopic (exact) mass is 238 g/mol. The van der Waals surface area contributed by atoms with Crippen molar-refractivity contribution >= 4 is 5.97 Å². The van der Waals surface area contributed by atoms with Crippen LogP contribution in [-0.4, -0.2) is 11.1 Å². The first-order valence-corrected chi connectivity index (χ1v) is 6.30. The Morgan fingerprint density at radius 3 is 1.88 bits per heavy atom. The van der Waals surface area contributed by atoms with Crippen molar-refractivity contribution in [3.05, 3.63) is 34.4 Å². The highest BCUT2D eigenvalue weighted by molar-refractivity contribution is 5.71. The summed E-state index contributed by atoms with van der Waals surface area (Å²) in [4.78, 5) is 10.5. The summed E-state index contributed by atoms with van der Waals surface area (Å²) in [5.74, 6) is -0.772. The maximum absolute atomic E-state index is 10.5. The second kappa shape index (κ2) is 9.88. The van der Waals surface area contributed by atoms with Gasteiger partial charge < -0.3 is 5.11 Å². The maximum Gasteiger partial charge on any atom is 0.307 e. The molecule has 98 valence electrons. The highest BCUT2D eigenvalue weighted by atomic mass is 16.4. The first-order chi connectivity index (χ1) is 8.02. The van der Waals surface area contributed by atoms with Crippen molar-refractivity contribution in [1.82, 2.24) is 0 Å². The van der Waals surface area contributed by atoms with Crippen molar-refractivity contribution < 1.29 is 9.90 Å². The molecule has 2 heteroatoms. The van der Waals surface area contributed by atoms with Crippen LogP contribution < -0.4 is 0 Å². The van der Waals surface area contributed by atoms with Crippen LogP contribution in [0.5, 0.6) is 0 Å². The lowest BCUT2D eigenvalue weighted by molar-refractivity contribution is -0.136. The smallest absolute Gasteiger partial charge is 0.307 e. The predicted octanol–water partition coefficient (Wildman–Crippen LogP) is 4.29. The van der Waals surface area contributed by atoms with Gasteiger partial charge in [0.25, 0.3) is 0 Å². The fourth-order valence-electron chi connectivity index (χ4n) is 1.37. The Balaban J connectivity index is 0. The molecule has 1 N–H and O–H groups in total. The van der Waals surface area contributed by atoms with Crippen LogP contribution in [0.25, 0.3) is 0 Å². The molecule has 0 aliphatic carbocycles. The van der Waals surface area contributed by atoms with Crippen molar-refractivity contribution in [3.8, 4) is 0 Å². The largest absolute Gasteiger partial charge is 0.481 e.